The first-order chi connectivity index (χ1) is 9.02. The second-order valence-corrected chi connectivity index (χ2v) is 4.87. The molecular weight excluding hydrogens is 249 g/mol. The van der Waals surface area contributed by atoms with E-state index in [4.69, 9.17) is 16.6 Å². The number of aliphatic hydroxyl groups is 1. The van der Waals surface area contributed by atoms with Gasteiger partial charge in [-0.15, -0.1) is 0 Å². The number of rotatable bonds is 4. The Kier molecular flexibility index (Phi) is 3.90. The molecule has 104 valence electrons. The number of nitrogen functional groups attached to an aromatic ring is 1. The predicted molar refractivity (Wildman–Crippen MR) is 71.4 cm³/mol. The number of benzene rings is 1. The van der Waals surface area contributed by atoms with Gasteiger partial charge in [-0.2, -0.15) is 0 Å². The summed E-state index contributed by atoms with van der Waals surface area (Å²) in [6.07, 6.45) is 1.60. The quantitative estimate of drug-likeness (QED) is 0.701. The van der Waals surface area contributed by atoms with Crippen LogP contribution in [0.3, 0.4) is 0 Å². The maximum Gasteiger partial charge on any atom is 0.250 e. The van der Waals surface area contributed by atoms with Crippen molar-refractivity contribution in [2.75, 3.05) is 30.3 Å². The SMILES string of the molecule is NC(=O)c1cc(N2CCC(CCO)C2)c(F)cc1N. The highest BCUT2D eigenvalue weighted by Gasteiger charge is 2.25. The van der Waals surface area contributed by atoms with Crippen molar-refractivity contribution in [3.8, 4) is 0 Å². The van der Waals surface area contributed by atoms with Gasteiger partial charge >= 0.3 is 0 Å². The van der Waals surface area contributed by atoms with Gasteiger partial charge in [0.05, 0.1) is 11.3 Å². The molecule has 2 rings (SSSR count). The molecular formula is C13H18FN3O2. The van der Waals surface area contributed by atoms with E-state index in [1.165, 1.54) is 6.07 Å². The minimum Gasteiger partial charge on any atom is -0.398 e. The molecule has 0 radical (unpaired) electrons. The summed E-state index contributed by atoms with van der Waals surface area (Å²) in [6, 6.07) is 2.54. The molecule has 1 aliphatic rings. The highest BCUT2D eigenvalue weighted by atomic mass is 19.1. The van der Waals surface area contributed by atoms with Crippen LogP contribution in [0.25, 0.3) is 0 Å². The van der Waals surface area contributed by atoms with Gasteiger partial charge in [0, 0.05) is 25.4 Å². The fourth-order valence-corrected chi connectivity index (χ4v) is 2.50. The lowest BCUT2D eigenvalue weighted by Gasteiger charge is -2.20. The molecule has 1 heterocycles. The lowest BCUT2D eigenvalue weighted by Crippen LogP contribution is -2.23. The second kappa shape index (κ2) is 5.44. The van der Waals surface area contributed by atoms with Gasteiger partial charge in [0.2, 0.25) is 0 Å². The van der Waals surface area contributed by atoms with Gasteiger partial charge in [-0.25, -0.2) is 4.39 Å². The maximum absolute atomic E-state index is 13.9. The molecule has 1 aromatic carbocycles. The fourth-order valence-electron chi connectivity index (χ4n) is 2.50. The van der Waals surface area contributed by atoms with Crippen LogP contribution in [0.5, 0.6) is 0 Å². The van der Waals surface area contributed by atoms with Gasteiger partial charge in [-0.05, 0) is 30.9 Å². The Bertz CT molecular complexity index is 493. The van der Waals surface area contributed by atoms with Gasteiger partial charge in [-0.3, -0.25) is 4.79 Å². The molecule has 1 saturated heterocycles. The smallest absolute Gasteiger partial charge is 0.250 e. The number of primary amides is 1. The van der Waals surface area contributed by atoms with E-state index in [2.05, 4.69) is 0 Å². The number of amides is 1. The largest absolute Gasteiger partial charge is 0.398 e. The number of carbonyl (C=O) groups excluding carboxylic acids is 1. The molecule has 0 aliphatic carbocycles. The van der Waals surface area contributed by atoms with E-state index < -0.39 is 11.7 Å². The summed E-state index contributed by atoms with van der Waals surface area (Å²) in [7, 11) is 0. The number of nitrogens with two attached hydrogens (primary N) is 2. The number of anilines is 2. The third-order valence-electron chi connectivity index (χ3n) is 3.55. The Hall–Kier alpha value is -1.82. The Morgan fingerprint density at radius 1 is 1.53 bits per heavy atom. The Morgan fingerprint density at radius 2 is 2.26 bits per heavy atom. The van der Waals surface area contributed by atoms with E-state index >= 15 is 0 Å². The van der Waals surface area contributed by atoms with Gasteiger partial charge < -0.3 is 21.5 Å². The van der Waals surface area contributed by atoms with Crippen molar-refractivity contribution < 1.29 is 14.3 Å². The number of aliphatic hydroxyl groups excluding tert-OH is 1. The van der Waals surface area contributed by atoms with Crippen molar-refractivity contribution in [1.29, 1.82) is 0 Å². The van der Waals surface area contributed by atoms with Crippen molar-refractivity contribution in [1.82, 2.24) is 0 Å². The van der Waals surface area contributed by atoms with E-state index in [0.29, 0.717) is 31.1 Å². The van der Waals surface area contributed by atoms with E-state index in [1.54, 1.807) is 0 Å². The van der Waals surface area contributed by atoms with Crippen molar-refractivity contribution in [3.05, 3.63) is 23.5 Å². The predicted octanol–water partition coefficient (Wildman–Crippen LogP) is 0.716. The van der Waals surface area contributed by atoms with Crippen LogP contribution in [-0.2, 0) is 0 Å². The molecule has 0 spiro atoms. The molecule has 0 bridgehead atoms. The van der Waals surface area contributed by atoms with Crippen LogP contribution in [0.15, 0.2) is 12.1 Å². The van der Waals surface area contributed by atoms with Crippen LogP contribution in [0.1, 0.15) is 23.2 Å². The van der Waals surface area contributed by atoms with Gasteiger partial charge in [0.25, 0.3) is 5.91 Å². The number of hydrogen-bond donors (Lipinski definition) is 3. The number of halogens is 1. The highest BCUT2D eigenvalue weighted by molar-refractivity contribution is 5.99. The minimum atomic E-state index is -0.662. The van der Waals surface area contributed by atoms with Crippen molar-refractivity contribution in [2.45, 2.75) is 12.8 Å². The molecule has 1 aromatic rings. The van der Waals surface area contributed by atoms with Crippen molar-refractivity contribution >= 4 is 17.3 Å². The van der Waals surface area contributed by atoms with Crippen LogP contribution < -0.4 is 16.4 Å². The fraction of sp³-hybridized carbons (Fsp3) is 0.462. The minimum absolute atomic E-state index is 0.0554. The first-order valence-corrected chi connectivity index (χ1v) is 6.27. The lowest BCUT2D eigenvalue weighted by atomic mass is 10.1. The van der Waals surface area contributed by atoms with Gasteiger partial charge in [0.1, 0.15) is 5.82 Å². The van der Waals surface area contributed by atoms with E-state index in [9.17, 15) is 9.18 Å². The normalized spacial score (nSPS) is 18.8. The summed E-state index contributed by atoms with van der Waals surface area (Å²) < 4.78 is 13.9. The summed E-state index contributed by atoms with van der Waals surface area (Å²) in [5.41, 5.74) is 11.3. The standard InChI is InChI=1S/C13H18FN3O2/c14-10-6-11(15)9(13(16)19)5-12(10)17-3-1-8(7-17)2-4-18/h5-6,8,18H,1-4,7,15H2,(H2,16,19). The topological polar surface area (TPSA) is 92.6 Å². The molecule has 5 nitrogen and oxygen atoms in total. The zero-order valence-electron chi connectivity index (χ0n) is 10.6. The van der Waals surface area contributed by atoms with Crippen LogP contribution >= 0.6 is 0 Å². The summed E-state index contributed by atoms with van der Waals surface area (Å²) in [6.45, 7) is 1.50. The van der Waals surface area contributed by atoms with Crippen LogP contribution in [0.4, 0.5) is 15.8 Å². The highest BCUT2D eigenvalue weighted by Crippen LogP contribution is 2.30. The number of carbonyl (C=O) groups is 1. The molecule has 6 heteroatoms. The second-order valence-electron chi connectivity index (χ2n) is 4.87. The van der Waals surface area contributed by atoms with Gasteiger partial charge in [0.15, 0.2) is 0 Å². The first-order valence-electron chi connectivity index (χ1n) is 6.27. The Balaban J connectivity index is 2.25. The van der Waals surface area contributed by atoms with E-state index in [0.717, 1.165) is 12.5 Å². The van der Waals surface area contributed by atoms with Crippen LogP contribution in [0, 0.1) is 11.7 Å². The summed E-state index contributed by atoms with van der Waals surface area (Å²) in [5, 5.41) is 8.92. The van der Waals surface area contributed by atoms with E-state index in [1.807, 2.05) is 4.90 Å². The maximum atomic E-state index is 13.9. The summed E-state index contributed by atoms with van der Waals surface area (Å²) >= 11 is 0. The first kappa shape index (κ1) is 13.6. The third kappa shape index (κ3) is 2.78. The monoisotopic (exact) mass is 267 g/mol. The van der Waals surface area contributed by atoms with E-state index in [-0.39, 0.29) is 17.9 Å². The molecule has 5 N–H and O–H groups in total. The number of hydrogen-bond acceptors (Lipinski definition) is 4. The molecule has 1 atom stereocenters. The zero-order chi connectivity index (χ0) is 14.0. The average molecular weight is 267 g/mol. The lowest BCUT2D eigenvalue weighted by molar-refractivity contribution is 0.100. The molecule has 1 amide bonds. The number of nitrogens with zero attached hydrogens (tertiary/aromatic N) is 1. The molecule has 0 saturated carbocycles. The molecule has 1 aliphatic heterocycles. The third-order valence-corrected chi connectivity index (χ3v) is 3.55. The Morgan fingerprint density at radius 3 is 2.89 bits per heavy atom. The molecule has 19 heavy (non-hydrogen) atoms. The van der Waals surface area contributed by atoms with Crippen molar-refractivity contribution in [2.24, 2.45) is 11.7 Å². The van der Waals surface area contributed by atoms with Gasteiger partial charge in [-0.1, -0.05) is 0 Å². The van der Waals surface area contributed by atoms with Crippen molar-refractivity contribution in [3.63, 3.8) is 0 Å². The Labute approximate surface area is 111 Å². The van der Waals surface area contributed by atoms with Crippen LogP contribution in [-0.4, -0.2) is 30.7 Å². The van der Waals surface area contributed by atoms with Crippen LogP contribution in [0.2, 0.25) is 0 Å². The summed E-state index contributed by atoms with van der Waals surface area (Å²) in [4.78, 5) is 13.1. The zero-order valence-corrected chi connectivity index (χ0v) is 10.6. The molecule has 1 unspecified atom stereocenters. The molecule has 1 fully saturated rings. The molecule has 0 aromatic heterocycles. The summed E-state index contributed by atoms with van der Waals surface area (Å²) in [5.74, 6) is -0.768. The average Bonchev–Trinajstić information content (AvgIpc) is 2.77.